The Hall–Kier alpha value is -2.44. The highest BCUT2D eigenvalue weighted by Gasteiger charge is 2.39. The van der Waals surface area contributed by atoms with Gasteiger partial charge in [0.15, 0.2) is 11.5 Å². The van der Waals surface area contributed by atoms with Crippen molar-refractivity contribution in [3.8, 4) is 17.2 Å². The molecule has 1 aromatic rings. The summed E-state index contributed by atoms with van der Waals surface area (Å²) in [5, 5.41) is 12.4. The molecule has 0 atom stereocenters. The number of carboxylic acids is 1. The Bertz CT molecular complexity index is 649. The van der Waals surface area contributed by atoms with Gasteiger partial charge in [-0.2, -0.15) is 0 Å². The van der Waals surface area contributed by atoms with Gasteiger partial charge < -0.3 is 24.6 Å². The molecule has 7 heteroatoms. The molecule has 3 rings (SSSR count). The number of fused-ring (bicyclic) bond motifs is 1. The number of hydrogen-bond donors (Lipinski definition) is 2. The number of carbonyl (C=O) groups is 2. The van der Waals surface area contributed by atoms with E-state index in [1.54, 1.807) is 12.1 Å². The molecule has 1 amide bonds. The van der Waals surface area contributed by atoms with Crippen LogP contribution in [0.25, 0.3) is 0 Å². The molecule has 2 aliphatic rings. The maximum Gasteiger partial charge on any atom is 0.311 e. The molecule has 0 unspecified atom stereocenters. The van der Waals surface area contributed by atoms with Crippen molar-refractivity contribution in [2.45, 2.75) is 32.1 Å². The summed E-state index contributed by atoms with van der Waals surface area (Å²) >= 11 is 0. The Morgan fingerprint density at radius 2 is 1.92 bits per heavy atom. The van der Waals surface area contributed by atoms with Crippen molar-refractivity contribution in [3.63, 3.8) is 0 Å². The number of amides is 1. The SMILES string of the molecule is COc1cc(C(=O)NCC2(C(=O)O)CCCCC2)cc2c1OCCO2. The molecule has 0 bridgehead atoms. The van der Waals surface area contributed by atoms with E-state index >= 15 is 0 Å². The Morgan fingerprint density at radius 3 is 2.60 bits per heavy atom. The number of hydrogen-bond acceptors (Lipinski definition) is 5. The lowest BCUT2D eigenvalue weighted by Gasteiger charge is -2.33. The third-order valence-electron chi connectivity index (χ3n) is 4.94. The maximum absolute atomic E-state index is 12.6. The Labute approximate surface area is 146 Å². The van der Waals surface area contributed by atoms with Crippen molar-refractivity contribution in [1.82, 2.24) is 5.32 Å². The van der Waals surface area contributed by atoms with E-state index in [0.29, 0.717) is 48.9 Å². The fraction of sp³-hybridized carbons (Fsp3) is 0.556. The molecule has 1 aliphatic carbocycles. The Balaban J connectivity index is 1.76. The zero-order valence-electron chi connectivity index (χ0n) is 14.3. The quantitative estimate of drug-likeness (QED) is 0.847. The predicted molar refractivity (Wildman–Crippen MR) is 89.5 cm³/mol. The molecular formula is C18H23NO6. The predicted octanol–water partition coefficient (Wildman–Crippen LogP) is 2.23. The van der Waals surface area contributed by atoms with Crippen molar-refractivity contribution in [2.24, 2.45) is 5.41 Å². The number of rotatable bonds is 5. The molecule has 136 valence electrons. The van der Waals surface area contributed by atoms with Gasteiger partial charge in [0.1, 0.15) is 13.2 Å². The molecule has 1 aromatic carbocycles. The zero-order valence-corrected chi connectivity index (χ0v) is 14.3. The first-order valence-electron chi connectivity index (χ1n) is 8.55. The molecule has 0 saturated heterocycles. The molecule has 1 saturated carbocycles. The summed E-state index contributed by atoms with van der Waals surface area (Å²) in [6.07, 6.45) is 3.97. The summed E-state index contributed by atoms with van der Waals surface area (Å²) < 4.78 is 16.3. The van der Waals surface area contributed by atoms with Crippen LogP contribution in [0.2, 0.25) is 0 Å². The summed E-state index contributed by atoms with van der Waals surface area (Å²) in [4.78, 5) is 24.3. The van der Waals surface area contributed by atoms with Gasteiger partial charge in [0.2, 0.25) is 5.75 Å². The molecule has 2 N–H and O–H groups in total. The first-order chi connectivity index (χ1) is 12.1. The van der Waals surface area contributed by atoms with Crippen molar-refractivity contribution in [3.05, 3.63) is 17.7 Å². The number of carbonyl (C=O) groups excluding carboxylic acids is 1. The highest BCUT2D eigenvalue weighted by molar-refractivity contribution is 5.96. The second-order valence-electron chi connectivity index (χ2n) is 6.53. The first-order valence-corrected chi connectivity index (χ1v) is 8.55. The molecule has 7 nitrogen and oxygen atoms in total. The first kappa shape index (κ1) is 17.4. The van der Waals surface area contributed by atoms with Crippen molar-refractivity contribution in [1.29, 1.82) is 0 Å². The van der Waals surface area contributed by atoms with Crippen LogP contribution in [-0.4, -0.2) is 43.9 Å². The number of methoxy groups -OCH3 is 1. The minimum Gasteiger partial charge on any atom is -0.493 e. The number of carboxylic acid groups (broad SMARTS) is 1. The van der Waals surface area contributed by atoms with E-state index in [4.69, 9.17) is 14.2 Å². The molecule has 1 fully saturated rings. The van der Waals surface area contributed by atoms with Gasteiger partial charge in [0.05, 0.1) is 12.5 Å². The zero-order chi connectivity index (χ0) is 17.9. The summed E-state index contributed by atoms with van der Waals surface area (Å²) in [5.41, 5.74) is -0.510. The van der Waals surface area contributed by atoms with Gasteiger partial charge in [-0.15, -0.1) is 0 Å². The topological polar surface area (TPSA) is 94.1 Å². The Kier molecular flexibility index (Phi) is 5.01. The van der Waals surface area contributed by atoms with E-state index in [1.165, 1.54) is 7.11 Å². The van der Waals surface area contributed by atoms with E-state index < -0.39 is 11.4 Å². The van der Waals surface area contributed by atoms with Crippen LogP contribution in [0.4, 0.5) is 0 Å². The molecule has 0 aromatic heterocycles. The van der Waals surface area contributed by atoms with Crippen LogP contribution in [-0.2, 0) is 4.79 Å². The van der Waals surface area contributed by atoms with E-state index in [-0.39, 0.29) is 12.5 Å². The van der Waals surface area contributed by atoms with Crippen LogP contribution in [0.5, 0.6) is 17.2 Å². The molecule has 1 heterocycles. The van der Waals surface area contributed by atoms with Gasteiger partial charge >= 0.3 is 5.97 Å². The summed E-state index contributed by atoms with van der Waals surface area (Å²) in [5.74, 6) is 0.183. The average Bonchev–Trinajstić information content (AvgIpc) is 2.65. The summed E-state index contributed by atoms with van der Waals surface area (Å²) in [7, 11) is 1.50. The molecule has 0 spiro atoms. The minimum absolute atomic E-state index is 0.123. The lowest BCUT2D eigenvalue weighted by molar-refractivity contribution is -0.150. The van der Waals surface area contributed by atoms with Crippen LogP contribution in [0.1, 0.15) is 42.5 Å². The van der Waals surface area contributed by atoms with E-state index in [0.717, 1.165) is 19.3 Å². The largest absolute Gasteiger partial charge is 0.493 e. The number of nitrogens with one attached hydrogen (secondary N) is 1. The lowest BCUT2D eigenvalue weighted by Crippen LogP contribution is -2.44. The highest BCUT2D eigenvalue weighted by atomic mass is 16.6. The monoisotopic (exact) mass is 349 g/mol. The number of aliphatic carboxylic acids is 1. The second kappa shape index (κ2) is 7.21. The fourth-order valence-electron chi connectivity index (χ4n) is 3.45. The average molecular weight is 349 g/mol. The number of benzene rings is 1. The standard InChI is InChI=1S/C18H23NO6/c1-23-13-9-12(10-14-15(13)25-8-7-24-14)16(20)19-11-18(17(21)22)5-3-2-4-6-18/h9-10H,2-8,11H2,1H3,(H,19,20)(H,21,22). The van der Waals surface area contributed by atoms with Crippen LogP contribution >= 0.6 is 0 Å². The van der Waals surface area contributed by atoms with Crippen LogP contribution in [0, 0.1) is 5.41 Å². The van der Waals surface area contributed by atoms with Crippen LogP contribution < -0.4 is 19.5 Å². The minimum atomic E-state index is -0.869. The molecule has 0 radical (unpaired) electrons. The smallest absolute Gasteiger partial charge is 0.311 e. The molecular weight excluding hydrogens is 326 g/mol. The van der Waals surface area contributed by atoms with Gasteiger partial charge in [-0.3, -0.25) is 9.59 Å². The van der Waals surface area contributed by atoms with E-state index in [9.17, 15) is 14.7 Å². The van der Waals surface area contributed by atoms with Crippen molar-refractivity contribution >= 4 is 11.9 Å². The summed E-state index contributed by atoms with van der Waals surface area (Å²) in [6.45, 7) is 0.956. The second-order valence-corrected chi connectivity index (χ2v) is 6.53. The normalized spacial score (nSPS) is 18.3. The van der Waals surface area contributed by atoms with Crippen molar-refractivity contribution in [2.75, 3.05) is 26.9 Å². The maximum atomic E-state index is 12.6. The fourth-order valence-corrected chi connectivity index (χ4v) is 3.45. The third-order valence-corrected chi connectivity index (χ3v) is 4.94. The molecule has 1 aliphatic heterocycles. The molecule has 25 heavy (non-hydrogen) atoms. The van der Waals surface area contributed by atoms with Gasteiger partial charge in [-0.05, 0) is 25.0 Å². The lowest BCUT2D eigenvalue weighted by atomic mass is 9.74. The van der Waals surface area contributed by atoms with E-state index in [1.807, 2.05) is 0 Å². The van der Waals surface area contributed by atoms with E-state index in [2.05, 4.69) is 5.32 Å². The van der Waals surface area contributed by atoms with Gasteiger partial charge in [0.25, 0.3) is 5.91 Å². The van der Waals surface area contributed by atoms with Gasteiger partial charge in [-0.1, -0.05) is 19.3 Å². The van der Waals surface area contributed by atoms with Gasteiger partial charge in [0, 0.05) is 12.1 Å². The number of ether oxygens (including phenoxy) is 3. The third kappa shape index (κ3) is 3.50. The van der Waals surface area contributed by atoms with Crippen LogP contribution in [0.15, 0.2) is 12.1 Å². The Morgan fingerprint density at radius 1 is 1.20 bits per heavy atom. The van der Waals surface area contributed by atoms with Crippen molar-refractivity contribution < 1.29 is 28.9 Å². The summed E-state index contributed by atoms with van der Waals surface area (Å²) in [6, 6.07) is 3.18. The highest BCUT2D eigenvalue weighted by Crippen LogP contribution is 2.40. The van der Waals surface area contributed by atoms with Gasteiger partial charge in [-0.25, -0.2) is 0 Å². The van der Waals surface area contributed by atoms with Crippen LogP contribution in [0.3, 0.4) is 0 Å².